The maximum atomic E-state index is 10.0. The van der Waals surface area contributed by atoms with Crippen LogP contribution in [0.5, 0.6) is 5.75 Å². The first kappa shape index (κ1) is 25.3. The van der Waals surface area contributed by atoms with Gasteiger partial charge in [-0.2, -0.15) is 0 Å². The molecule has 6 N–H and O–H groups in total. The molecule has 4 rings (SSSR count). The van der Waals surface area contributed by atoms with Crippen molar-refractivity contribution in [2.75, 3.05) is 25.9 Å². The second-order valence-corrected chi connectivity index (χ2v) is 8.38. The highest BCUT2D eigenvalue weighted by Gasteiger charge is 2.47. The fourth-order valence-corrected chi connectivity index (χ4v) is 5.00. The van der Waals surface area contributed by atoms with Gasteiger partial charge in [-0.3, -0.25) is 4.79 Å². The number of benzene rings is 1. The van der Waals surface area contributed by atoms with E-state index in [9.17, 15) is 5.11 Å². The van der Waals surface area contributed by atoms with Gasteiger partial charge in [0.25, 0.3) is 0 Å². The molecule has 0 amide bonds. The molecule has 6 heteroatoms. The van der Waals surface area contributed by atoms with E-state index in [4.69, 9.17) is 16.3 Å². The summed E-state index contributed by atoms with van der Waals surface area (Å²) in [6.45, 7) is 9.46. The monoisotopic (exact) mass is 438 g/mol. The number of phenols is 1. The number of anilines is 1. The lowest BCUT2D eigenvalue weighted by molar-refractivity contribution is -0.104. The third kappa shape index (κ3) is 5.62. The second-order valence-electron chi connectivity index (χ2n) is 8.38. The highest BCUT2D eigenvalue weighted by Crippen LogP contribution is 2.54. The molecule has 2 atom stereocenters. The Morgan fingerprint density at radius 1 is 1.31 bits per heavy atom. The van der Waals surface area contributed by atoms with Crippen LogP contribution in [0.25, 0.3) is 11.8 Å². The molecule has 2 fully saturated rings. The van der Waals surface area contributed by atoms with Crippen LogP contribution in [0.15, 0.2) is 43.0 Å². The number of nitrogen functional groups attached to an aromatic ring is 1. The van der Waals surface area contributed by atoms with Crippen LogP contribution in [0.1, 0.15) is 62.3 Å². The molecule has 174 valence electrons. The molecule has 1 spiro atoms. The zero-order chi connectivity index (χ0) is 23.7. The number of nitrogens with one attached hydrogen (secondary N) is 1. The molecule has 1 aromatic carbocycles. The molecule has 2 heterocycles. The Morgan fingerprint density at radius 3 is 2.59 bits per heavy atom. The molecule has 1 aliphatic heterocycles. The summed E-state index contributed by atoms with van der Waals surface area (Å²) in [5.74, 6) is 1.36. The highest BCUT2D eigenvalue weighted by atomic mass is 16.3. The van der Waals surface area contributed by atoms with Gasteiger partial charge >= 0.3 is 0 Å². The number of rotatable bonds is 4. The van der Waals surface area contributed by atoms with Gasteiger partial charge in [-0.25, -0.2) is 0 Å². The molecule has 1 aliphatic carbocycles. The van der Waals surface area contributed by atoms with Gasteiger partial charge in [0.2, 0.25) is 0 Å². The molecule has 2 unspecified atom stereocenters. The highest BCUT2D eigenvalue weighted by molar-refractivity contribution is 5.84. The molecule has 1 saturated heterocycles. The predicted molar refractivity (Wildman–Crippen MR) is 134 cm³/mol. The number of aromatic amines is 1. The van der Waals surface area contributed by atoms with Crippen molar-refractivity contribution in [1.82, 2.24) is 9.88 Å². The van der Waals surface area contributed by atoms with Crippen LogP contribution in [0.4, 0.5) is 5.82 Å². The number of allylic oxidation sites excluding steroid dienone is 1. The van der Waals surface area contributed by atoms with E-state index in [1.54, 1.807) is 12.1 Å². The fourth-order valence-electron chi connectivity index (χ4n) is 5.00. The Labute approximate surface area is 192 Å². The summed E-state index contributed by atoms with van der Waals surface area (Å²) >= 11 is 0. The fraction of sp³-hybridized carbons (Fsp3) is 0.423. The van der Waals surface area contributed by atoms with Crippen LogP contribution in [-0.4, -0.2) is 41.4 Å². The summed E-state index contributed by atoms with van der Waals surface area (Å²) in [5.41, 5.74) is 16.1. The van der Waals surface area contributed by atoms with Crippen LogP contribution in [0, 0.1) is 5.41 Å². The van der Waals surface area contributed by atoms with Crippen molar-refractivity contribution in [2.24, 2.45) is 11.1 Å². The molecule has 1 aromatic heterocycles. The molecule has 0 radical (unpaired) electrons. The first-order valence-electron chi connectivity index (χ1n) is 11.4. The zero-order valence-electron chi connectivity index (χ0n) is 19.6. The van der Waals surface area contributed by atoms with Gasteiger partial charge in [0.1, 0.15) is 17.9 Å². The van der Waals surface area contributed by atoms with E-state index in [0.29, 0.717) is 34.7 Å². The zero-order valence-corrected chi connectivity index (χ0v) is 19.6. The minimum atomic E-state index is 0.180. The molecular weight excluding hydrogens is 400 g/mol. The van der Waals surface area contributed by atoms with Crippen molar-refractivity contribution in [2.45, 2.75) is 45.4 Å². The van der Waals surface area contributed by atoms with Gasteiger partial charge in [0.05, 0.1) is 0 Å². The summed E-state index contributed by atoms with van der Waals surface area (Å²) in [7, 11) is 2.22. The van der Waals surface area contributed by atoms with Crippen molar-refractivity contribution in [3.63, 3.8) is 0 Å². The maximum Gasteiger partial charge on any atom is 0.142 e. The normalized spacial score (nSPS) is 22.6. The number of carbonyl (C=O) groups excluding carboxylic acids is 1. The lowest BCUT2D eigenvalue weighted by Gasteiger charge is -2.30. The van der Waals surface area contributed by atoms with Crippen LogP contribution in [-0.2, 0) is 4.79 Å². The largest absolute Gasteiger partial charge is 0.507 e. The third-order valence-electron chi connectivity index (χ3n) is 6.38. The first-order valence-corrected chi connectivity index (χ1v) is 11.4. The maximum absolute atomic E-state index is 10.0. The van der Waals surface area contributed by atoms with E-state index < -0.39 is 0 Å². The van der Waals surface area contributed by atoms with Gasteiger partial charge in [-0.15, -0.1) is 0 Å². The van der Waals surface area contributed by atoms with Crippen molar-refractivity contribution in [3.8, 4) is 5.75 Å². The number of aromatic nitrogens is 1. The first-order chi connectivity index (χ1) is 15.4. The number of nitrogens with two attached hydrogens (primary N) is 2. The van der Waals surface area contributed by atoms with E-state index in [2.05, 4.69) is 29.6 Å². The van der Waals surface area contributed by atoms with Crippen LogP contribution in [0.2, 0.25) is 0 Å². The number of nitrogens with zero attached hydrogens (tertiary/aromatic N) is 1. The Hall–Kier alpha value is -2.99. The average molecular weight is 439 g/mol. The number of hydrogen-bond acceptors (Lipinski definition) is 5. The standard InChI is InChI=1S/C21H28N4O.C3H4O.C2H6/c1-25-10-9-21(13-25)8-4-6-16(21)18-12-14(20(23)24-18)11-17(22)15-5-2-3-7-19(15)26;1-2-3-4;1-2/h2-3,5,7,11-12,16,24,26H,4,6,8-10,13,22-23H2,1H3;2-3H,1H2;1-2H3/b17-11-;;. The number of likely N-dealkylation sites (tertiary alicyclic amines) is 1. The Balaban J connectivity index is 0.000000547. The molecule has 32 heavy (non-hydrogen) atoms. The molecular formula is C26H38N4O2. The van der Waals surface area contributed by atoms with Gasteiger partial charge in [-0.05, 0) is 68.6 Å². The van der Waals surface area contributed by atoms with Crippen molar-refractivity contribution in [3.05, 3.63) is 59.8 Å². The Morgan fingerprint density at radius 2 is 2.00 bits per heavy atom. The minimum Gasteiger partial charge on any atom is -0.507 e. The summed E-state index contributed by atoms with van der Waals surface area (Å²) in [6.07, 6.45) is 8.74. The summed E-state index contributed by atoms with van der Waals surface area (Å²) in [4.78, 5) is 14.9. The molecule has 2 aliphatic rings. The number of phenolic OH excluding ortho intramolecular Hbond substituents is 1. The topological polar surface area (TPSA) is 108 Å². The lowest BCUT2D eigenvalue weighted by Crippen LogP contribution is -2.27. The number of H-pyrrole nitrogens is 1. The van der Waals surface area contributed by atoms with E-state index in [1.165, 1.54) is 50.5 Å². The van der Waals surface area contributed by atoms with E-state index in [1.807, 2.05) is 32.1 Å². The van der Waals surface area contributed by atoms with Crippen LogP contribution < -0.4 is 11.5 Å². The number of para-hydroxylation sites is 1. The number of carbonyl (C=O) groups is 1. The van der Waals surface area contributed by atoms with Crippen LogP contribution in [0.3, 0.4) is 0 Å². The molecule has 6 nitrogen and oxygen atoms in total. The SMILES string of the molecule is C=CC=O.CC.CN1CCC2(CCCC2c2cc(/C=C(\N)c3ccccc3O)c(N)[nH]2)C1. The predicted octanol–water partition coefficient (Wildman–Crippen LogP) is 4.75. The van der Waals surface area contributed by atoms with Crippen LogP contribution >= 0.6 is 0 Å². The quantitative estimate of drug-likeness (QED) is 0.407. The van der Waals surface area contributed by atoms with Crippen molar-refractivity contribution in [1.29, 1.82) is 0 Å². The third-order valence-corrected chi connectivity index (χ3v) is 6.38. The summed E-state index contributed by atoms with van der Waals surface area (Å²) in [5, 5.41) is 10.0. The van der Waals surface area contributed by atoms with Gasteiger partial charge in [-0.1, -0.05) is 39.0 Å². The Kier molecular flexibility index (Phi) is 9.14. The van der Waals surface area contributed by atoms with E-state index in [-0.39, 0.29) is 5.75 Å². The van der Waals surface area contributed by atoms with E-state index >= 15 is 0 Å². The second kappa shape index (κ2) is 11.6. The number of aldehydes is 1. The van der Waals surface area contributed by atoms with Crippen molar-refractivity contribution < 1.29 is 9.90 Å². The number of hydrogen-bond donors (Lipinski definition) is 4. The van der Waals surface area contributed by atoms with Gasteiger partial charge in [0, 0.05) is 35.0 Å². The summed E-state index contributed by atoms with van der Waals surface area (Å²) < 4.78 is 0. The van der Waals surface area contributed by atoms with Gasteiger partial charge in [0.15, 0.2) is 0 Å². The lowest BCUT2D eigenvalue weighted by atomic mass is 9.75. The molecule has 0 bridgehead atoms. The Bertz CT molecular complexity index is 928. The summed E-state index contributed by atoms with van der Waals surface area (Å²) in [6, 6.07) is 9.25. The molecule has 2 aromatic rings. The minimum absolute atomic E-state index is 0.180. The smallest absolute Gasteiger partial charge is 0.142 e. The van der Waals surface area contributed by atoms with E-state index in [0.717, 1.165) is 5.56 Å². The average Bonchev–Trinajstić information content (AvgIpc) is 3.49. The van der Waals surface area contributed by atoms with Gasteiger partial charge < -0.3 is 26.5 Å². The molecule has 1 saturated carbocycles. The number of aromatic hydroxyl groups is 1. The van der Waals surface area contributed by atoms with Crippen molar-refractivity contribution >= 4 is 23.9 Å².